The number of hydrogen-bond donors (Lipinski definition) is 2. The molecular weight excluding hydrogens is 307 g/mol. The molecule has 2 N–H and O–H groups in total. The van der Waals surface area contributed by atoms with Gasteiger partial charge in [0.15, 0.2) is 5.96 Å². The van der Waals surface area contributed by atoms with E-state index in [1.54, 1.807) is 19.2 Å². The summed E-state index contributed by atoms with van der Waals surface area (Å²) in [4.78, 5) is 18.6. The van der Waals surface area contributed by atoms with Crippen LogP contribution in [0.25, 0.3) is 0 Å². The van der Waals surface area contributed by atoms with Crippen LogP contribution >= 0.6 is 0 Å². The molecule has 1 saturated carbocycles. The van der Waals surface area contributed by atoms with Gasteiger partial charge in [-0.25, -0.2) is 4.39 Å². The molecule has 1 aliphatic heterocycles. The molecule has 0 spiro atoms. The van der Waals surface area contributed by atoms with Crippen LogP contribution in [0.3, 0.4) is 0 Å². The average Bonchev–Trinajstić information content (AvgIpc) is 2.99. The smallest absolute Gasteiger partial charge is 0.243 e. The lowest BCUT2D eigenvalue weighted by Crippen LogP contribution is -2.43. The lowest BCUT2D eigenvalue weighted by atomic mass is 9.82. The normalized spacial score (nSPS) is 23.8. The maximum Gasteiger partial charge on any atom is 0.243 e. The Labute approximate surface area is 142 Å². The molecule has 1 amide bonds. The van der Waals surface area contributed by atoms with Crippen molar-refractivity contribution in [1.29, 1.82) is 0 Å². The molecule has 24 heavy (non-hydrogen) atoms. The van der Waals surface area contributed by atoms with Gasteiger partial charge in [-0.3, -0.25) is 9.79 Å². The van der Waals surface area contributed by atoms with E-state index in [0.29, 0.717) is 5.69 Å². The van der Waals surface area contributed by atoms with E-state index in [2.05, 4.69) is 20.5 Å². The predicted molar refractivity (Wildman–Crippen MR) is 93.4 cm³/mol. The Morgan fingerprint density at radius 3 is 2.62 bits per heavy atom. The molecule has 1 aromatic carbocycles. The second-order valence-corrected chi connectivity index (χ2v) is 6.67. The number of nitrogens with one attached hydrogen (secondary N) is 2. The number of benzene rings is 1. The van der Waals surface area contributed by atoms with Crippen molar-refractivity contribution in [3.8, 4) is 0 Å². The topological polar surface area (TPSA) is 56.7 Å². The van der Waals surface area contributed by atoms with Crippen molar-refractivity contribution >= 4 is 17.6 Å². The fraction of sp³-hybridized carbons (Fsp3) is 0.556. The number of hydrogen-bond acceptors (Lipinski definition) is 2. The maximum absolute atomic E-state index is 13.1. The third-order valence-electron chi connectivity index (χ3n) is 5.00. The van der Waals surface area contributed by atoms with Crippen LogP contribution in [0.4, 0.5) is 10.1 Å². The highest BCUT2D eigenvalue weighted by molar-refractivity contribution is 5.95. The van der Waals surface area contributed by atoms with E-state index in [1.165, 1.54) is 37.8 Å². The number of carbonyl (C=O) groups excluding carboxylic acids is 1. The number of aliphatic imine (C=N–C) groups is 1. The fourth-order valence-corrected chi connectivity index (χ4v) is 3.84. The Hall–Kier alpha value is -2.11. The Morgan fingerprint density at radius 1 is 1.29 bits per heavy atom. The van der Waals surface area contributed by atoms with Crippen molar-refractivity contribution in [2.24, 2.45) is 16.8 Å². The first-order valence-corrected chi connectivity index (χ1v) is 8.66. The van der Waals surface area contributed by atoms with Gasteiger partial charge < -0.3 is 15.5 Å². The van der Waals surface area contributed by atoms with Crippen LogP contribution in [-0.4, -0.2) is 43.4 Å². The van der Waals surface area contributed by atoms with Crippen LogP contribution in [0.15, 0.2) is 29.3 Å². The van der Waals surface area contributed by atoms with Gasteiger partial charge in [0.05, 0.1) is 6.54 Å². The van der Waals surface area contributed by atoms with Crippen molar-refractivity contribution in [2.45, 2.75) is 25.7 Å². The first kappa shape index (κ1) is 16.7. The number of anilines is 1. The van der Waals surface area contributed by atoms with Gasteiger partial charge in [0.25, 0.3) is 0 Å². The molecule has 2 fully saturated rings. The molecule has 2 aliphatic rings. The summed E-state index contributed by atoms with van der Waals surface area (Å²) in [6, 6.07) is 5.89. The third kappa shape index (κ3) is 4.04. The number of likely N-dealkylation sites (tertiary alicyclic amines) is 1. The summed E-state index contributed by atoms with van der Waals surface area (Å²) < 4.78 is 13.1. The minimum atomic E-state index is -0.365. The second kappa shape index (κ2) is 7.64. The minimum Gasteiger partial charge on any atom is -0.347 e. The first-order valence-electron chi connectivity index (χ1n) is 8.66. The number of halogens is 1. The number of rotatable bonds is 3. The SMILES string of the molecule is CN=C(NCC(=O)Nc1cccc(F)c1)N1CC2CCCCC2C1. The maximum atomic E-state index is 13.1. The molecule has 6 heteroatoms. The molecule has 130 valence electrons. The van der Waals surface area contributed by atoms with E-state index in [0.717, 1.165) is 30.9 Å². The Bertz CT molecular complexity index is 605. The molecular formula is C18H25FN4O. The van der Waals surface area contributed by atoms with Crippen LogP contribution in [0.5, 0.6) is 0 Å². The van der Waals surface area contributed by atoms with Gasteiger partial charge in [-0.1, -0.05) is 18.9 Å². The van der Waals surface area contributed by atoms with Crippen LogP contribution in [0.2, 0.25) is 0 Å². The molecule has 2 unspecified atom stereocenters. The molecule has 5 nitrogen and oxygen atoms in total. The highest BCUT2D eigenvalue weighted by atomic mass is 19.1. The number of fused-ring (bicyclic) bond motifs is 1. The first-order chi connectivity index (χ1) is 11.7. The van der Waals surface area contributed by atoms with E-state index < -0.39 is 0 Å². The lowest BCUT2D eigenvalue weighted by molar-refractivity contribution is -0.115. The van der Waals surface area contributed by atoms with E-state index >= 15 is 0 Å². The highest BCUT2D eigenvalue weighted by Gasteiger charge is 2.35. The Kier molecular flexibility index (Phi) is 5.33. The van der Waals surface area contributed by atoms with Crippen molar-refractivity contribution in [3.05, 3.63) is 30.1 Å². The standard InChI is InChI=1S/C18H25FN4O/c1-20-18(23-11-13-5-2-3-6-14(13)12-23)21-10-17(24)22-16-8-4-7-15(19)9-16/h4,7-9,13-14H,2-3,5-6,10-12H2,1H3,(H,20,21)(H,22,24). The minimum absolute atomic E-state index is 0.120. The van der Waals surface area contributed by atoms with Gasteiger partial charge in [-0.2, -0.15) is 0 Å². The molecule has 0 bridgehead atoms. The van der Waals surface area contributed by atoms with E-state index in [1.807, 2.05) is 0 Å². The number of carbonyl (C=O) groups is 1. The molecule has 2 atom stereocenters. The molecule has 0 radical (unpaired) electrons. The average molecular weight is 332 g/mol. The summed E-state index contributed by atoms with van der Waals surface area (Å²) >= 11 is 0. The van der Waals surface area contributed by atoms with Gasteiger partial charge in [0.2, 0.25) is 5.91 Å². The summed E-state index contributed by atoms with van der Waals surface area (Å²) in [5.41, 5.74) is 0.462. The summed E-state index contributed by atoms with van der Waals surface area (Å²) in [6.45, 7) is 2.17. The largest absolute Gasteiger partial charge is 0.347 e. The number of amides is 1. The van der Waals surface area contributed by atoms with Gasteiger partial charge in [-0.15, -0.1) is 0 Å². The number of guanidine groups is 1. The second-order valence-electron chi connectivity index (χ2n) is 6.67. The van der Waals surface area contributed by atoms with Gasteiger partial charge in [0.1, 0.15) is 5.82 Å². The van der Waals surface area contributed by atoms with Gasteiger partial charge in [0, 0.05) is 25.8 Å². The van der Waals surface area contributed by atoms with Crippen LogP contribution < -0.4 is 10.6 Å². The lowest BCUT2D eigenvalue weighted by Gasteiger charge is -2.22. The number of nitrogens with zero attached hydrogens (tertiary/aromatic N) is 2. The van der Waals surface area contributed by atoms with Gasteiger partial charge in [-0.05, 0) is 42.9 Å². The predicted octanol–water partition coefficient (Wildman–Crippen LogP) is 2.46. The zero-order valence-corrected chi connectivity index (χ0v) is 14.1. The molecule has 1 aliphatic carbocycles. The van der Waals surface area contributed by atoms with Crippen LogP contribution in [0, 0.1) is 17.7 Å². The van der Waals surface area contributed by atoms with E-state index in [9.17, 15) is 9.18 Å². The Morgan fingerprint density at radius 2 is 2.00 bits per heavy atom. The highest BCUT2D eigenvalue weighted by Crippen LogP contribution is 2.35. The zero-order chi connectivity index (χ0) is 16.9. The molecule has 0 aromatic heterocycles. The molecule has 1 aromatic rings. The van der Waals surface area contributed by atoms with E-state index in [4.69, 9.17) is 0 Å². The van der Waals surface area contributed by atoms with E-state index in [-0.39, 0.29) is 18.3 Å². The molecule has 1 heterocycles. The van der Waals surface area contributed by atoms with Crippen molar-refractivity contribution in [3.63, 3.8) is 0 Å². The van der Waals surface area contributed by atoms with Crippen molar-refractivity contribution in [1.82, 2.24) is 10.2 Å². The summed E-state index contributed by atoms with van der Waals surface area (Å²) in [6.07, 6.45) is 5.27. The van der Waals surface area contributed by atoms with Gasteiger partial charge >= 0.3 is 0 Å². The molecule has 1 saturated heterocycles. The Balaban J connectivity index is 1.50. The summed E-state index contributed by atoms with van der Waals surface area (Å²) in [5.74, 6) is 1.73. The third-order valence-corrected chi connectivity index (χ3v) is 5.00. The summed E-state index contributed by atoms with van der Waals surface area (Å²) in [7, 11) is 1.74. The van der Waals surface area contributed by atoms with Crippen LogP contribution in [0.1, 0.15) is 25.7 Å². The zero-order valence-electron chi connectivity index (χ0n) is 14.1. The molecule has 3 rings (SSSR count). The van der Waals surface area contributed by atoms with Crippen molar-refractivity contribution < 1.29 is 9.18 Å². The van der Waals surface area contributed by atoms with Crippen LogP contribution in [-0.2, 0) is 4.79 Å². The summed E-state index contributed by atoms with van der Waals surface area (Å²) in [5, 5.41) is 5.81. The fourth-order valence-electron chi connectivity index (χ4n) is 3.84. The van der Waals surface area contributed by atoms with Crippen molar-refractivity contribution in [2.75, 3.05) is 32.0 Å². The quantitative estimate of drug-likeness (QED) is 0.660. The monoisotopic (exact) mass is 332 g/mol.